The van der Waals surface area contributed by atoms with Gasteiger partial charge in [0.2, 0.25) is 0 Å². The van der Waals surface area contributed by atoms with Gasteiger partial charge in [-0.2, -0.15) is 8.78 Å². The van der Waals surface area contributed by atoms with E-state index in [4.69, 9.17) is 5.73 Å². The molecule has 0 aliphatic heterocycles. The second-order valence-electron chi connectivity index (χ2n) is 4.65. The van der Waals surface area contributed by atoms with Crippen LogP contribution in [0, 0.1) is 6.92 Å². The summed E-state index contributed by atoms with van der Waals surface area (Å²) < 4.78 is 53.7. The Hall–Kier alpha value is -1.28. The largest absolute Gasteiger partial charge is 0.367 e. The van der Waals surface area contributed by atoms with Crippen molar-refractivity contribution in [2.45, 2.75) is 45.3 Å². The summed E-state index contributed by atoms with van der Waals surface area (Å²) in [6.07, 6.45) is -3.25. The molecule has 0 spiro atoms. The summed E-state index contributed by atoms with van der Waals surface area (Å²) in [5, 5.41) is 0. The summed E-state index contributed by atoms with van der Waals surface area (Å²) in [7, 11) is 0. The van der Waals surface area contributed by atoms with Gasteiger partial charge in [0, 0.05) is 23.9 Å². The molecule has 2 N–H and O–H groups in total. The van der Waals surface area contributed by atoms with Crippen LogP contribution in [0.4, 0.5) is 17.6 Å². The number of rotatable bonds is 7. The monoisotopic (exact) mass is 295 g/mol. The van der Waals surface area contributed by atoms with Gasteiger partial charge in [-0.3, -0.25) is 0 Å². The molecular weight excluding hydrogens is 278 g/mol. The molecule has 1 heterocycles. The highest BCUT2D eigenvalue weighted by Gasteiger charge is 2.40. The number of nitrogens with two attached hydrogens (primary N) is 1. The van der Waals surface area contributed by atoms with Crippen molar-refractivity contribution >= 4 is 0 Å². The van der Waals surface area contributed by atoms with E-state index in [0.29, 0.717) is 17.8 Å². The lowest BCUT2D eigenvalue weighted by atomic mass is 10.2. The third-order valence-corrected chi connectivity index (χ3v) is 2.33. The zero-order valence-electron chi connectivity index (χ0n) is 11.2. The van der Waals surface area contributed by atoms with Crippen molar-refractivity contribution < 1.29 is 22.3 Å². The van der Waals surface area contributed by atoms with Gasteiger partial charge in [0.15, 0.2) is 5.82 Å². The summed E-state index contributed by atoms with van der Waals surface area (Å²) in [6, 6.07) is 1.61. The maximum absolute atomic E-state index is 12.6. The van der Waals surface area contributed by atoms with Gasteiger partial charge in [-0.15, -0.1) is 0 Å². The van der Waals surface area contributed by atoms with Crippen LogP contribution in [0.1, 0.15) is 24.1 Å². The van der Waals surface area contributed by atoms with Gasteiger partial charge >= 0.3 is 12.3 Å². The molecule has 114 valence electrons. The van der Waals surface area contributed by atoms with Crippen molar-refractivity contribution in [3.63, 3.8) is 0 Å². The Morgan fingerprint density at radius 3 is 2.55 bits per heavy atom. The molecule has 0 saturated heterocycles. The van der Waals surface area contributed by atoms with Crippen molar-refractivity contribution in [1.29, 1.82) is 0 Å². The normalized spacial score (nSPS) is 13.8. The second kappa shape index (κ2) is 6.94. The fourth-order valence-corrected chi connectivity index (χ4v) is 1.54. The fraction of sp³-hybridized carbons (Fsp3) is 0.667. The predicted molar refractivity (Wildman–Crippen MR) is 64.7 cm³/mol. The minimum absolute atomic E-state index is 0.110. The van der Waals surface area contributed by atoms with Crippen LogP contribution in [-0.2, 0) is 17.8 Å². The number of nitrogens with zero attached hydrogens (tertiary/aromatic N) is 2. The van der Waals surface area contributed by atoms with Crippen LogP contribution in [0.2, 0.25) is 0 Å². The third kappa shape index (κ3) is 5.38. The van der Waals surface area contributed by atoms with Crippen LogP contribution >= 0.6 is 0 Å². The molecule has 1 aromatic heterocycles. The molecule has 20 heavy (non-hydrogen) atoms. The molecule has 0 radical (unpaired) electrons. The first-order valence-corrected chi connectivity index (χ1v) is 6.03. The minimum atomic E-state index is -4.17. The van der Waals surface area contributed by atoms with Crippen molar-refractivity contribution in [2.24, 2.45) is 5.73 Å². The lowest BCUT2D eigenvalue weighted by molar-refractivity contribution is -0.168. The number of hydrogen-bond donors (Lipinski definition) is 1. The van der Waals surface area contributed by atoms with Crippen LogP contribution in [-0.4, -0.2) is 35.0 Å². The lowest BCUT2D eigenvalue weighted by Gasteiger charge is -2.15. The Kier molecular flexibility index (Phi) is 5.82. The maximum Gasteiger partial charge on any atom is 0.330 e. The Balaban J connectivity index is 2.62. The van der Waals surface area contributed by atoms with Crippen molar-refractivity contribution in [2.75, 3.05) is 6.61 Å². The summed E-state index contributed by atoms with van der Waals surface area (Å²) in [5.41, 5.74) is 6.93. The van der Waals surface area contributed by atoms with Crippen molar-refractivity contribution in [3.05, 3.63) is 23.3 Å². The molecule has 0 saturated carbocycles. The standard InChI is InChI=1S/C12H17F4N3O/c1-7(17)3-9-4-8(2)18-10(19-9)5-20-6-12(15,16)11(13)14/h4,7,11H,3,5-6,17H2,1-2H3. The summed E-state index contributed by atoms with van der Waals surface area (Å²) in [5.74, 6) is -4.00. The number of hydrogen-bond acceptors (Lipinski definition) is 4. The van der Waals surface area contributed by atoms with E-state index in [1.54, 1.807) is 19.9 Å². The van der Waals surface area contributed by atoms with Crippen LogP contribution in [0.25, 0.3) is 0 Å². The van der Waals surface area contributed by atoms with Gasteiger partial charge in [0.25, 0.3) is 0 Å². The van der Waals surface area contributed by atoms with Crippen molar-refractivity contribution in [3.8, 4) is 0 Å². The Morgan fingerprint density at radius 1 is 1.35 bits per heavy atom. The van der Waals surface area contributed by atoms with E-state index in [1.807, 2.05) is 0 Å². The zero-order valence-corrected chi connectivity index (χ0v) is 11.2. The number of alkyl halides is 4. The molecular formula is C12H17F4N3O. The molecule has 0 aliphatic carbocycles. The fourth-order valence-electron chi connectivity index (χ4n) is 1.54. The molecule has 0 amide bonds. The first kappa shape index (κ1) is 16.8. The van der Waals surface area contributed by atoms with E-state index in [9.17, 15) is 17.6 Å². The SMILES string of the molecule is Cc1cc(CC(C)N)nc(COCC(F)(F)C(F)F)n1. The lowest BCUT2D eigenvalue weighted by Crippen LogP contribution is -2.32. The summed E-state index contributed by atoms with van der Waals surface area (Å²) in [4.78, 5) is 8.09. The molecule has 0 aliphatic rings. The van der Waals surface area contributed by atoms with Gasteiger partial charge in [-0.05, 0) is 19.9 Å². The molecule has 0 fully saturated rings. The molecule has 1 aromatic rings. The number of aromatic nitrogens is 2. The topological polar surface area (TPSA) is 61.0 Å². The number of ether oxygens (including phenoxy) is 1. The van der Waals surface area contributed by atoms with Crippen LogP contribution in [0.5, 0.6) is 0 Å². The summed E-state index contributed by atoms with van der Waals surface area (Å²) in [6.45, 7) is 1.79. The highest BCUT2D eigenvalue weighted by molar-refractivity contribution is 5.10. The maximum atomic E-state index is 12.6. The third-order valence-electron chi connectivity index (χ3n) is 2.33. The average Bonchev–Trinajstić information content (AvgIpc) is 2.26. The minimum Gasteiger partial charge on any atom is -0.367 e. The van der Waals surface area contributed by atoms with E-state index in [1.165, 1.54) is 0 Å². The van der Waals surface area contributed by atoms with Gasteiger partial charge < -0.3 is 10.5 Å². The first-order valence-electron chi connectivity index (χ1n) is 6.03. The molecule has 1 unspecified atom stereocenters. The molecule has 0 aromatic carbocycles. The quantitative estimate of drug-likeness (QED) is 0.782. The summed E-state index contributed by atoms with van der Waals surface area (Å²) >= 11 is 0. The number of aryl methyl sites for hydroxylation is 1. The average molecular weight is 295 g/mol. The highest BCUT2D eigenvalue weighted by atomic mass is 19.3. The van der Waals surface area contributed by atoms with Gasteiger partial charge in [0.05, 0.1) is 0 Å². The van der Waals surface area contributed by atoms with Crippen molar-refractivity contribution in [1.82, 2.24) is 9.97 Å². The molecule has 1 rings (SSSR count). The van der Waals surface area contributed by atoms with Crippen LogP contribution in [0.15, 0.2) is 6.07 Å². The number of halogens is 4. The van der Waals surface area contributed by atoms with Crippen LogP contribution < -0.4 is 5.73 Å². The molecule has 1 atom stereocenters. The Labute approximate surface area is 114 Å². The second-order valence-corrected chi connectivity index (χ2v) is 4.65. The van der Waals surface area contributed by atoms with Gasteiger partial charge in [-0.1, -0.05) is 0 Å². The highest BCUT2D eigenvalue weighted by Crippen LogP contribution is 2.23. The van der Waals surface area contributed by atoms with Gasteiger partial charge in [-0.25, -0.2) is 18.7 Å². The van der Waals surface area contributed by atoms with E-state index in [0.717, 1.165) is 0 Å². The molecule has 0 bridgehead atoms. The Morgan fingerprint density at radius 2 is 2.00 bits per heavy atom. The smallest absolute Gasteiger partial charge is 0.330 e. The van der Waals surface area contributed by atoms with Crippen LogP contribution in [0.3, 0.4) is 0 Å². The van der Waals surface area contributed by atoms with E-state index in [-0.39, 0.29) is 18.5 Å². The van der Waals surface area contributed by atoms with Gasteiger partial charge in [0.1, 0.15) is 13.2 Å². The zero-order chi connectivity index (χ0) is 15.3. The first-order chi connectivity index (χ1) is 9.20. The van der Waals surface area contributed by atoms with E-state index in [2.05, 4.69) is 14.7 Å². The molecule has 4 nitrogen and oxygen atoms in total. The predicted octanol–water partition coefficient (Wildman–Crippen LogP) is 2.09. The van der Waals surface area contributed by atoms with E-state index < -0.39 is 19.0 Å². The molecule has 8 heteroatoms. The Bertz CT molecular complexity index is 441. The van der Waals surface area contributed by atoms with E-state index >= 15 is 0 Å².